The molecule has 0 aromatic heterocycles. The van der Waals surface area contributed by atoms with Gasteiger partial charge in [0.25, 0.3) is 5.91 Å². The van der Waals surface area contributed by atoms with Gasteiger partial charge in [0.2, 0.25) is 5.91 Å². The van der Waals surface area contributed by atoms with Crippen molar-refractivity contribution in [2.45, 2.75) is 38.3 Å². The first-order valence-corrected chi connectivity index (χ1v) is 7.98. The Morgan fingerprint density at radius 3 is 2.46 bits per heavy atom. The highest BCUT2D eigenvalue weighted by Crippen LogP contribution is 2.23. The van der Waals surface area contributed by atoms with E-state index in [1.54, 1.807) is 29.2 Å². The van der Waals surface area contributed by atoms with Crippen molar-refractivity contribution in [3.05, 3.63) is 35.4 Å². The van der Waals surface area contributed by atoms with Gasteiger partial charge in [0.1, 0.15) is 0 Å². The Hall–Kier alpha value is -2.05. The van der Waals surface area contributed by atoms with Gasteiger partial charge in [-0.05, 0) is 42.9 Å². The van der Waals surface area contributed by atoms with E-state index >= 15 is 0 Å². The van der Waals surface area contributed by atoms with Gasteiger partial charge in [-0.1, -0.05) is 12.1 Å². The number of carbonyl (C=O) groups excluding carboxylic acids is 2. The maximum atomic E-state index is 12.5. The number of aryl methyl sites for hydroxylation is 1. The van der Waals surface area contributed by atoms with Gasteiger partial charge in [-0.15, -0.1) is 0 Å². The second-order valence-electron chi connectivity index (χ2n) is 6.24. The molecule has 1 aromatic carbocycles. The van der Waals surface area contributed by atoms with Crippen LogP contribution < -0.4 is 5.73 Å². The van der Waals surface area contributed by atoms with E-state index < -0.39 is 12.6 Å². The van der Waals surface area contributed by atoms with Gasteiger partial charge < -0.3 is 10.6 Å². The van der Waals surface area contributed by atoms with Crippen molar-refractivity contribution >= 4 is 11.8 Å². The topological polar surface area (TPSA) is 63.4 Å². The summed E-state index contributed by atoms with van der Waals surface area (Å²) in [7, 11) is 0. The van der Waals surface area contributed by atoms with Crippen molar-refractivity contribution in [3.8, 4) is 0 Å². The molecule has 1 aliphatic rings. The minimum absolute atomic E-state index is 0.0752. The van der Waals surface area contributed by atoms with Crippen LogP contribution in [0.4, 0.5) is 13.2 Å². The largest absolute Gasteiger partial charge is 0.389 e. The Balaban J connectivity index is 1.95. The highest BCUT2D eigenvalue weighted by Gasteiger charge is 2.27. The molecule has 0 saturated carbocycles. The first kappa shape index (κ1) is 18.3. The molecule has 0 aliphatic carbocycles. The summed E-state index contributed by atoms with van der Waals surface area (Å²) in [6.45, 7) is 1.10. The van der Waals surface area contributed by atoms with Gasteiger partial charge >= 0.3 is 6.18 Å². The number of halogens is 3. The summed E-state index contributed by atoms with van der Waals surface area (Å²) in [5.41, 5.74) is 6.21. The molecule has 132 valence electrons. The van der Waals surface area contributed by atoms with Crippen LogP contribution in [0, 0.1) is 5.92 Å². The zero-order chi connectivity index (χ0) is 17.7. The molecule has 4 nitrogen and oxygen atoms in total. The van der Waals surface area contributed by atoms with Crippen molar-refractivity contribution in [2.24, 2.45) is 11.7 Å². The Kier molecular flexibility index (Phi) is 5.85. The second-order valence-corrected chi connectivity index (χ2v) is 6.24. The molecular weight excluding hydrogens is 321 g/mol. The molecule has 1 saturated heterocycles. The van der Waals surface area contributed by atoms with E-state index in [0.717, 1.165) is 12.8 Å². The van der Waals surface area contributed by atoms with Crippen molar-refractivity contribution in [1.82, 2.24) is 4.90 Å². The fourth-order valence-electron chi connectivity index (χ4n) is 2.98. The maximum Gasteiger partial charge on any atom is 0.389 e. The normalized spacial score (nSPS) is 18.5. The molecule has 7 heteroatoms. The molecule has 0 bridgehead atoms. The summed E-state index contributed by atoms with van der Waals surface area (Å²) in [6, 6.07) is 6.24. The van der Waals surface area contributed by atoms with Crippen LogP contribution in [0.5, 0.6) is 0 Å². The number of alkyl halides is 3. The number of benzene rings is 1. The second kappa shape index (κ2) is 7.68. The predicted octanol–water partition coefficient (Wildman–Crippen LogP) is 2.91. The third-order valence-electron chi connectivity index (χ3n) is 4.19. The molecule has 1 aliphatic heterocycles. The molecule has 1 atom stereocenters. The monoisotopic (exact) mass is 342 g/mol. The van der Waals surface area contributed by atoms with E-state index in [1.807, 2.05) is 0 Å². The Bertz CT molecular complexity index is 584. The molecule has 0 radical (unpaired) electrons. The molecule has 2 amide bonds. The fraction of sp³-hybridized carbons (Fsp3) is 0.529. The van der Waals surface area contributed by atoms with Crippen molar-refractivity contribution < 1.29 is 22.8 Å². The van der Waals surface area contributed by atoms with Gasteiger partial charge in [-0.25, -0.2) is 0 Å². The SMILES string of the molecule is NC(=O)C[C@@H]1CCCN(C(=O)c2ccc(CCC(F)(F)F)cc2)C1. The maximum absolute atomic E-state index is 12.5. The van der Waals surface area contributed by atoms with Gasteiger partial charge in [-0.2, -0.15) is 13.2 Å². The van der Waals surface area contributed by atoms with Crippen LogP contribution in [0.3, 0.4) is 0 Å². The third-order valence-corrected chi connectivity index (χ3v) is 4.19. The van der Waals surface area contributed by atoms with Crippen LogP contribution in [0.1, 0.15) is 41.6 Å². The molecular formula is C17H21F3N2O2. The molecule has 0 unspecified atom stereocenters. The van der Waals surface area contributed by atoms with Crippen LogP contribution in [0.25, 0.3) is 0 Å². The zero-order valence-electron chi connectivity index (χ0n) is 13.3. The first-order chi connectivity index (χ1) is 11.2. The summed E-state index contributed by atoms with van der Waals surface area (Å²) in [5, 5.41) is 0. The summed E-state index contributed by atoms with van der Waals surface area (Å²) in [5.74, 6) is -0.457. The van der Waals surface area contributed by atoms with E-state index in [2.05, 4.69) is 0 Å². The summed E-state index contributed by atoms with van der Waals surface area (Å²) >= 11 is 0. The number of hydrogen-bond acceptors (Lipinski definition) is 2. The van der Waals surface area contributed by atoms with Gasteiger partial charge in [0, 0.05) is 31.5 Å². The lowest BCUT2D eigenvalue weighted by atomic mass is 9.94. The van der Waals surface area contributed by atoms with E-state index in [1.165, 1.54) is 0 Å². The Morgan fingerprint density at radius 1 is 1.21 bits per heavy atom. The Morgan fingerprint density at radius 2 is 1.88 bits per heavy atom. The number of nitrogens with zero attached hydrogens (tertiary/aromatic N) is 1. The summed E-state index contributed by atoms with van der Waals surface area (Å²) in [6.07, 6.45) is -3.21. The number of rotatable bonds is 5. The number of primary amides is 1. The van der Waals surface area contributed by atoms with Crippen LogP contribution in [-0.2, 0) is 11.2 Å². The van der Waals surface area contributed by atoms with E-state index in [4.69, 9.17) is 5.73 Å². The Labute approximate surface area is 138 Å². The van der Waals surface area contributed by atoms with Crippen molar-refractivity contribution in [1.29, 1.82) is 0 Å². The number of nitrogens with two attached hydrogens (primary N) is 1. The molecule has 0 spiro atoms. The fourth-order valence-corrected chi connectivity index (χ4v) is 2.98. The van der Waals surface area contributed by atoms with Gasteiger partial charge in [-0.3, -0.25) is 9.59 Å². The lowest BCUT2D eigenvalue weighted by molar-refractivity contribution is -0.134. The average Bonchev–Trinajstić information content (AvgIpc) is 2.52. The smallest absolute Gasteiger partial charge is 0.370 e. The lowest BCUT2D eigenvalue weighted by Gasteiger charge is -2.32. The highest BCUT2D eigenvalue weighted by atomic mass is 19.4. The molecule has 1 aromatic rings. The molecule has 1 fully saturated rings. The first-order valence-electron chi connectivity index (χ1n) is 7.98. The molecule has 2 rings (SSSR count). The predicted molar refractivity (Wildman–Crippen MR) is 83.3 cm³/mol. The van der Waals surface area contributed by atoms with E-state index in [-0.39, 0.29) is 30.6 Å². The van der Waals surface area contributed by atoms with E-state index in [0.29, 0.717) is 24.2 Å². The number of amides is 2. The molecule has 24 heavy (non-hydrogen) atoms. The lowest BCUT2D eigenvalue weighted by Crippen LogP contribution is -2.41. The summed E-state index contributed by atoms with van der Waals surface area (Å²) < 4.78 is 36.7. The van der Waals surface area contributed by atoms with Crippen molar-refractivity contribution in [2.75, 3.05) is 13.1 Å². The van der Waals surface area contributed by atoms with Gasteiger partial charge in [0.15, 0.2) is 0 Å². The van der Waals surface area contributed by atoms with Crippen LogP contribution >= 0.6 is 0 Å². The standard InChI is InChI=1S/C17H21F3N2O2/c18-17(19,20)8-7-12-3-5-14(6-4-12)16(24)22-9-1-2-13(11-22)10-15(21)23/h3-6,13H,1-2,7-11H2,(H2,21,23)/t13-/m0/s1. The zero-order valence-corrected chi connectivity index (χ0v) is 13.3. The van der Waals surface area contributed by atoms with Crippen LogP contribution in [0.15, 0.2) is 24.3 Å². The average molecular weight is 342 g/mol. The number of piperidine rings is 1. The van der Waals surface area contributed by atoms with Crippen LogP contribution in [-0.4, -0.2) is 36.0 Å². The van der Waals surface area contributed by atoms with Crippen LogP contribution in [0.2, 0.25) is 0 Å². The summed E-state index contributed by atoms with van der Waals surface area (Å²) in [4.78, 5) is 25.2. The highest BCUT2D eigenvalue weighted by molar-refractivity contribution is 5.94. The minimum Gasteiger partial charge on any atom is -0.370 e. The number of hydrogen-bond donors (Lipinski definition) is 1. The van der Waals surface area contributed by atoms with Crippen molar-refractivity contribution in [3.63, 3.8) is 0 Å². The molecule has 2 N–H and O–H groups in total. The third kappa shape index (κ3) is 5.54. The minimum atomic E-state index is -4.18. The number of carbonyl (C=O) groups is 2. The van der Waals surface area contributed by atoms with Gasteiger partial charge in [0.05, 0.1) is 0 Å². The van der Waals surface area contributed by atoms with E-state index in [9.17, 15) is 22.8 Å². The molecule has 1 heterocycles. The quantitative estimate of drug-likeness (QED) is 0.894. The number of likely N-dealkylation sites (tertiary alicyclic amines) is 1.